The van der Waals surface area contributed by atoms with Crippen LogP contribution in [0.15, 0.2) is 24.3 Å². The van der Waals surface area contributed by atoms with Gasteiger partial charge in [-0.3, -0.25) is 0 Å². The van der Waals surface area contributed by atoms with E-state index in [1.807, 2.05) is 6.08 Å². The first-order valence-electron chi connectivity index (χ1n) is 6.80. The lowest BCUT2D eigenvalue weighted by Crippen LogP contribution is -2.41. The van der Waals surface area contributed by atoms with Crippen LogP contribution in [0.5, 0.6) is 0 Å². The van der Waals surface area contributed by atoms with Crippen molar-refractivity contribution in [1.29, 1.82) is 0 Å². The summed E-state index contributed by atoms with van der Waals surface area (Å²) in [7, 11) is -1.66. The third kappa shape index (κ3) is 7.14. The molecule has 18 heavy (non-hydrogen) atoms. The van der Waals surface area contributed by atoms with Crippen LogP contribution in [0.4, 0.5) is 0 Å². The molecule has 3 heteroatoms. The van der Waals surface area contributed by atoms with Gasteiger partial charge in [0.2, 0.25) is 0 Å². The largest absolute Gasteiger partial charge is 0.413 e. The normalized spacial score (nSPS) is 13.2. The van der Waals surface area contributed by atoms with Crippen LogP contribution in [0.25, 0.3) is 0 Å². The van der Waals surface area contributed by atoms with E-state index >= 15 is 0 Å². The van der Waals surface area contributed by atoms with Crippen molar-refractivity contribution in [2.24, 2.45) is 0 Å². The Morgan fingerprint density at radius 2 is 1.89 bits per heavy atom. The molecule has 0 unspecified atom stereocenters. The van der Waals surface area contributed by atoms with Crippen molar-refractivity contribution in [3.63, 3.8) is 0 Å². The molecule has 1 N–H and O–H groups in total. The summed E-state index contributed by atoms with van der Waals surface area (Å²) in [6.45, 7) is 16.2. The number of rotatable bonds is 8. The zero-order valence-corrected chi connectivity index (χ0v) is 13.8. The van der Waals surface area contributed by atoms with Gasteiger partial charge in [0, 0.05) is 6.61 Å². The number of aliphatic hydroxyl groups is 1. The number of hydrogen-bond donors (Lipinski definition) is 1. The molecule has 0 radical (unpaired) electrons. The highest BCUT2D eigenvalue weighted by Gasteiger charge is 2.36. The summed E-state index contributed by atoms with van der Waals surface area (Å²) in [6, 6.07) is 0. The smallest absolute Gasteiger partial charge is 0.192 e. The SMILES string of the molecule is C=C(/C=C/CCCCO)CO[Si](C)(C)C(C)(C)C. The fraction of sp³-hybridized carbons (Fsp3) is 0.733. The molecule has 0 aliphatic heterocycles. The summed E-state index contributed by atoms with van der Waals surface area (Å²) in [4.78, 5) is 0. The Bertz CT molecular complexity index is 275. The summed E-state index contributed by atoms with van der Waals surface area (Å²) < 4.78 is 6.08. The Morgan fingerprint density at radius 3 is 2.39 bits per heavy atom. The molecule has 106 valence electrons. The van der Waals surface area contributed by atoms with Gasteiger partial charge in [-0.25, -0.2) is 0 Å². The minimum atomic E-state index is -1.66. The molecule has 0 aromatic carbocycles. The molecule has 0 heterocycles. The predicted octanol–water partition coefficient (Wildman–Crippen LogP) is 4.28. The van der Waals surface area contributed by atoms with E-state index in [0.717, 1.165) is 24.8 Å². The third-order valence-electron chi connectivity index (χ3n) is 3.56. The van der Waals surface area contributed by atoms with Gasteiger partial charge in [0.25, 0.3) is 0 Å². The van der Waals surface area contributed by atoms with Gasteiger partial charge in [-0.2, -0.15) is 0 Å². The maximum Gasteiger partial charge on any atom is 0.192 e. The van der Waals surface area contributed by atoms with Crippen molar-refractivity contribution in [2.45, 2.75) is 58.2 Å². The summed E-state index contributed by atoms with van der Waals surface area (Å²) >= 11 is 0. The van der Waals surface area contributed by atoms with E-state index in [-0.39, 0.29) is 11.6 Å². The molecular formula is C15H30O2Si. The molecule has 0 rings (SSSR count). The fourth-order valence-electron chi connectivity index (χ4n) is 1.16. The van der Waals surface area contributed by atoms with Crippen LogP contribution in [0.2, 0.25) is 18.1 Å². The first kappa shape index (κ1) is 17.6. The van der Waals surface area contributed by atoms with Crippen molar-refractivity contribution in [3.05, 3.63) is 24.3 Å². The van der Waals surface area contributed by atoms with Gasteiger partial charge in [-0.15, -0.1) is 0 Å². The maximum absolute atomic E-state index is 8.67. The van der Waals surface area contributed by atoms with Crippen LogP contribution < -0.4 is 0 Å². The molecule has 0 aromatic rings. The Hall–Kier alpha value is -0.383. The van der Waals surface area contributed by atoms with Gasteiger partial charge in [0.15, 0.2) is 8.32 Å². The molecule has 2 nitrogen and oxygen atoms in total. The van der Waals surface area contributed by atoms with E-state index in [1.54, 1.807) is 0 Å². The van der Waals surface area contributed by atoms with Gasteiger partial charge in [-0.05, 0) is 43.0 Å². The van der Waals surface area contributed by atoms with Crippen LogP contribution in [0, 0.1) is 0 Å². The average molecular weight is 270 g/mol. The van der Waals surface area contributed by atoms with Crippen molar-refractivity contribution < 1.29 is 9.53 Å². The topological polar surface area (TPSA) is 29.5 Å². The fourth-order valence-corrected chi connectivity index (χ4v) is 2.14. The molecule has 0 aliphatic carbocycles. The summed E-state index contributed by atoms with van der Waals surface area (Å²) in [5, 5.41) is 8.92. The van der Waals surface area contributed by atoms with Crippen LogP contribution in [0.3, 0.4) is 0 Å². The zero-order chi connectivity index (χ0) is 14.2. The van der Waals surface area contributed by atoms with Gasteiger partial charge in [0.1, 0.15) is 0 Å². The first-order chi connectivity index (χ1) is 8.20. The second-order valence-corrected chi connectivity index (χ2v) is 11.1. The van der Waals surface area contributed by atoms with E-state index in [9.17, 15) is 0 Å². The second kappa shape index (κ2) is 7.92. The Kier molecular flexibility index (Phi) is 7.75. The lowest BCUT2D eigenvalue weighted by molar-refractivity contribution is 0.285. The summed E-state index contributed by atoms with van der Waals surface area (Å²) in [5.74, 6) is 0. The molecule has 0 spiro atoms. The summed E-state index contributed by atoms with van der Waals surface area (Å²) in [6.07, 6.45) is 7.07. The maximum atomic E-state index is 8.67. The molecule has 0 amide bonds. The lowest BCUT2D eigenvalue weighted by atomic mass is 10.2. The molecule has 0 saturated carbocycles. The van der Waals surface area contributed by atoms with Crippen molar-refractivity contribution >= 4 is 8.32 Å². The Balaban J connectivity index is 3.97. The molecule has 0 aromatic heterocycles. The molecule has 0 atom stereocenters. The highest BCUT2D eigenvalue weighted by Crippen LogP contribution is 2.36. The van der Waals surface area contributed by atoms with E-state index in [0.29, 0.717) is 6.61 Å². The van der Waals surface area contributed by atoms with E-state index in [2.05, 4.69) is 46.5 Å². The quantitative estimate of drug-likeness (QED) is 0.405. The molecule has 0 saturated heterocycles. The van der Waals surface area contributed by atoms with Crippen LogP contribution in [0.1, 0.15) is 40.0 Å². The van der Waals surface area contributed by atoms with Gasteiger partial charge in [-0.1, -0.05) is 39.5 Å². The van der Waals surface area contributed by atoms with E-state index in [1.165, 1.54) is 0 Å². The van der Waals surface area contributed by atoms with Crippen molar-refractivity contribution in [3.8, 4) is 0 Å². The number of unbranched alkanes of at least 4 members (excludes halogenated alkanes) is 2. The van der Waals surface area contributed by atoms with E-state index < -0.39 is 8.32 Å². The van der Waals surface area contributed by atoms with Gasteiger partial charge in [0.05, 0.1) is 6.61 Å². The predicted molar refractivity (Wildman–Crippen MR) is 82.4 cm³/mol. The standard InChI is InChI=1S/C15H30O2Si/c1-14(11-9-7-8-10-12-16)13-17-18(5,6)15(2,3)4/h9,11,16H,1,7-8,10,12-13H2,2-6H3/b11-9+. The van der Waals surface area contributed by atoms with Gasteiger partial charge >= 0.3 is 0 Å². The minimum Gasteiger partial charge on any atom is -0.413 e. The lowest BCUT2D eigenvalue weighted by Gasteiger charge is -2.36. The highest BCUT2D eigenvalue weighted by molar-refractivity contribution is 6.74. The first-order valence-corrected chi connectivity index (χ1v) is 9.70. The van der Waals surface area contributed by atoms with Crippen LogP contribution in [-0.4, -0.2) is 26.6 Å². The number of allylic oxidation sites excluding steroid dienone is 1. The van der Waals surface area contributed by atoms with Crippen molar-refractivity contribution in [1.82, 2.24) is 0 Å². The second-order valence-electron chi connectivity index (χ2n) is 6.33. The monoisotopic (exact) mass is 270 g/mol. The molecular weight excluding hydrogens is 240 g/mol. The van der Waals surface area contributed by atoms with E-state index in [4.69, 9.17) is 9.53 Å². The third-order valence-corrected chi connectivity index (χ3v) is 8.04. The van der Waals surface area contributed by atoms with Crippen LogP contribution >= 0.6 is 0 Å². The molecule has 0 aliphatic rings. The minimum absolute atomic E-state index is 0.248. The van der Waals surface area contributed by atoms with Crippen LogP contribution in [-0.2, 0) is 4.43 Å². The summed E-state index contributed by atoms with van der Waals surface area (Å²) in [5.41, 5.74) is 1.03. The molecule has 0 bridgehead atoms. The number of hydrogen-bond acceptors (Lipinski definition) is 2. The van der Waals surface area contributed by atoms with Gasteiger partial charge < -0.3 is 9.53 Å². The zero-order valence-electron chi connectivity index (χ0n) is 12.8. The Morgan fingerprint density at radius 1 is 1.28 bits per heavy atom. The Labute approximate surface area is 114 Å². The number of aliphatic hydroxyl groups excluding tert-OH is 1. The highest BCUT2D eigenvalue weighted by atomic mass is 28.4. The molecule has 0 fully saturated rings. The average Bonchev–Trinajstić information content (AvgIpc) is 2.24. The van der Waals surface area contributed by atoms with Crippen molar-refractivity contribution in [2.75, 3.05) is 13.2 Å².